The van der Waals surface area contributed by atoms with Crippen molar-refractivity contribution >= 4 is 15.9 Å². The van der Waals surface area contributed by atoms with Crippen LogP contribution in [0.15, 0.2) is 53.4 Å². The maximum Gasteiger partial charge on any atom is 0.573 e. The Hall–Kier alpha value is -2.59. The van der Waals surface area contributed by atoms with Gasteiger partial charge in [0.15, 0.2) is 0 Å². The molecule has 0 atom stereocenters. The number of carbonyl (C=O) groups is 1. The highest BCUT2D eigenvalue weighted by Gasteiger charge is 2.32. The highest BCUT2D eigenvalue weighted by Crippen LogP contribution is 2.27. The molecule has 0 aliphatic rings. The summed E-state index contributed by atoms with van der Waals surface area (Å²) in [6, 6.07) is 11.8. The predicted octanol–water partition coefficient (Wildman–Crippen LogP) is 3.08. The molecule has 29 heavy (non-hydrogen) atoms. The van der Waals surface area contributed by atoms with E-state index in [0.717, 1.165) is 5.56 Å². The van der Waals surface area contributed by atoms with E-state index >= 15 is 0 Å². The number of sulfonamides is 1. The zero-order valence-corrected chi connectivity index (χ0v) is 16.7. The van der Waals surface area contributed by atoms with E-state index in [2.05, 4.69) is 9.46 Å². The Labute approximate surface area is 167 Å². The molecule has 0 aliphatic carbocycles. The first-order valence-electron chi connectivity index (χ1n) is 8.62. The van der Waals surface area contributed by atoms with Crippen LogP contribution in [-0.4, -0.2) is 39.7 Å². The zero-order chi connectivity index (χ0) is 21.7. The van der Waals surface area contributed by atoms with Gasteiger partial charge in [0, 0.05) is 25.6 Å². The van der Waals surface area contributed by atoms with Crippen molar-refractivity contribution in [3.63, 3.8) is 0 Å². The molecule has 0 aliphatic heterocycles. The number of hydrogen-bond acceptors (Lipinski definition) is 4. The topological polar surface area (TPSA) is 75.7 Å². The van der Waals surface area contributed by atoms with Crippen molar-refractivity contribution in [3.8, 4) is 5.75 Å². The minimum atomic E-state index is -4.81. The molecule has 0 fully saturated rings. The normalized spacial score (nSPS) is 11.9. The number of nitrogens with zero attached hydrogens (tertiary/aromatic N) is 1. The van der Waals surface area contributed by atoms with Gasteiger partial charge in [0.05, 0.1) is 4.90 Å². The molecule has 2 aromatic rings. The van der Waals surface area contributed by atoms with Gasteiger partial charge in [0.25, 0.3) is 0 Å². The van der Waals surface area contributed by atoms with Gasteiger partial charge in [-0.05, 0) is 37.2 Å². The summed E-state index contributed by atoms with van der Waals surface area (Å²) in [5.74, 6) is -0.611. The molecule has 6 nitrogen and oxygen atoms in total. The van der Waals surface area contributed by atoms with E-state index in [1.165, 1.54) is 49.3 Å². The number of hydrogen-bond donors (Lipinski definition) is 1. The van der Waals surface area contributed by atoms with E-state index in [1.54, 1.807) is 18.2 Å². The summed E-state index contributed by atoms with van der Waals surface area (Å²) in [6.45, 7) is -0.0373. The third kappa shape index (κ3) is 6.75. The Morgan fingerprint density at radius 3 is 2.31 bits per heavy atom. The van der Waals surface area contributed by atoms with Crippen LogP contribution in [0.5, 0.6) is 5.75 Å². The first-order chi connectivity index (χ1) is 13.5. The number of halogens is 3. The molecule has 10 heteroatoms. The number of amides is 1. The van der Waals surface area contributed by atoms with Gasteiger partial charge in [0.2, 0.25) is 15.9 Å². The summed E-state index contributed by atoms with van der Waals surface area (Å²) < 4.78 is 67.1. The molecule has 0 aromatic heterocycles. The average Bonchev–Trinajstić information content (AvgIpc) is 2.66. The van der Waals surface area contributed by atoms with Crippen LogP contribution in [0.2, 0.25) is 0 Å². The smallest absolute Gasteiger partial charge is 0.405 e. The number of aryl methyl sites for hydroxylation is 1. The van der Waals surface area contributed by atoms with Crippen molar-refractivity contribution in [3.05, 3.63) is 59.7 Å². The van der Waals surface area contributed by atoms with Crippen molar-refractivity contribution in [1.82, 2.24) is 9.62 Å². The lowest BCUT2D eigenvalue weighted by Gasteiger charge is -2.20. The second kappa shape index (κ2) is 9.27. The molecule has 2 aromatic carbocycles. The predicted molar refractivity (Wildman–Crippen MR) is 101 cm³/mol. The van der Waals surface area contributed by atoms with Gasteiger partial charge in [-0.1, -0.05) is 30.3 Å². The summed E-state index contributed by atoms with van der Waals surface area (Å²) in [4.78, 5) is 13.8. The molecule has 0 bridgehead atoms. The minimum Gasteiger partial charge on any atom is -0.405 e. The lowest BCUT2D eigenvalue weighted by atomic mass is 10.1. The van der Waals surface area contributed by atoms with Crippen LogP contribution in [0.1, 0.15) is 17.5 Å². The molecule has 1 N–H and O–H groups in total. The second-order valence-corrected chi connectivity index (χ2v) is 8.14. The first-order valence-corrected chi connectivity index (χ1v) is 10.1. The Balaban J connectivity index is 1.97. The number of benzene rings is 2. The number of rotatable bonds is 8. The fourth-order valence-electron chi connectivity index (χ4n) is 2.60. The largest absolute Gasteiger partial charge is 0.573 e. The average molecular weight is 430 g/mol. The molecule has 158 valence electrons. The molecule has 0 unspecified atom stereocenters. The van der Waals surface area contributed by atoms with Gasteiger partial charge in [0.1, 0.15) is 5.75 Å². The quantitative estimate of drug-likeness (QED) is 0.699. The van der Waals surface area contributed by atoms with E-state index in [1.807, 2.05) is 0 Å². The van der Waals surface area contributed by atoms with Crippen LogP contribution in [0.25, 0.3) is 0 Å². The molecule has 0 spiro atoms. The van der Waals surface area contributed by atoms with Crippen molar-refractivity contribution in [2.45, 2.75) is 30.6 Å². The van der Waals surface area contributed by atoms with Crippen LogP contribution in [-0.2, 0) is 27.8 Å². The summed E-state index contributed by atoms with van der Waals surface area (Å²) in [5.41, 5.74) is 1.00. The fourth-order valence-corrected chi connectivity index (χ4v) is 3.33. The molecule has 0 saturated heterocycles. The number of nitrogens with one attached hydrogen (secondary N) is 1. The molecular weight excluding hydrogens is 409 g/mol. The van der Waals surface area contributed by atoms with Crippen molar-refractivity contribution in [2.24, 2.45) is 0 Å². The van der Waals surface area contributed by atoms with E-state index in [-0.39, 0.29) is 35.1 Å². The van der Waals surface area contributed by atoms with Crippen LogP contribution < -0.4 is 9.46 Å². The van der Waals surface area contributed by atoms with Crippen molar-refractivity contribution < 1.29 is 31.1 Å². The summed E-state index contributed by atoms with van der Waals surface area (Å²) in [7, 11) is -0.718. The zero-order valence-electron chi connectivity index (χ0n) is 15.9. The van der Waals surface area contributed by atoms with Gasteiger partial charge < -0.3 is 9.64 Å². The third-order valence-electron chi connectivity index (χ3n) is 4.16. The van der Waals surface area contributed by atoms with Crippen LogP contribution >= 0.6 is 0 Å². The minimum absolute atomic E-state index is 0.0373. The van der Waals surface area contributed by atoms with Crippen LogP contribution in [0, 0.1) is 0 Å². The van der Waals surface area contributed by atoms with Gasteiger partial charge in [-0.3, -0.25) is 4.79 Å². The van der Waals surface area contributed by atoms with Gasteiger partial charge in [-0.15, -0.1) is 13.2 Å². The molecule has 0 radical (unpaired) electrons. The first kappa shape index (κ1) is 22.7. The van der Waals surface area contributed by atoms with Crippen molar-refractivity contribution in [1.29, 1.82) is 0 Å². The van der Waals surface area contributed by atoms with E-state index < -0.39 is 16.4 Å². The van der Waals surface area contributed by atoms with Gasteiger partial charge in [-0.25, -0.2) is 13.1 Å². The number of ether oxygens (including phenoxy) is 1. The standard InChI is InChI=1S/C19H21F3N2O4S/c1-23-29(26,27)16-10-7-14(8-11-16)9-12-18(25)24(2)13-15-5-3-4-6-17(15)28-19(20,21)22/h3-8,10-11,23H,9,12-13H2,1-2H3. The van der Waals surface area contributed by atoms with E-state index in [4.69, 9.17) is 0 Å². The van der Waals surface area contributed by atoms with Gasteiger partial charge in [-0.2, -0.15) is 0 Å². The summed E-state index contributed by atoms with van der Waals surface area (Å²) in [5, 5.41) is 0. The maximum absolute atomic E-state index is 12.5. The van der Waals surface area contributed by atoms with Gasteiger partial charge >= 0.3 is 6.36 Å². The highest BCUT2D eigenvalue weighted by atomic mass is 32.2. The van der Waals surface area contributed by atoms with E-state index in [9.17, 15) is 26.4 Å². The maximum atomic E-state index is 12.5. The lowest BCUT2D eigenvalue weighted by Crippen LogP contribution is -2.27. The molecule has 1 amide bonds. The molecule has 0 heterocycles. The van der Waals surface area contributed by atoms with Crippen molar-refractivity contribution in [2.75, 3.05) is 14.1 Å². The third-order valence-corrected chi connectivity index (χ3v) is 5.59. The highest BCUT2D eigenvalue weighted by molar-refractivity contribution is 7.89. The number of para-hydroxylation sites is 1. The SMILES string of the molecule is CNS(=O)(=O)c1ccc(CCC(=O)N(C)Cc2ccccc2OC(F)(F)F)cc1. The number of alkyl halides is 3. The molecular formula is C19H21F3N2O4S. The Morgan fingerprint density at radius 2 is 1.72 bits per heavy atom. The number of carbonyl (C=O) groups excluding carboxylic acids is 1. The summed E-state index contributed by atoms with van der Waals surface area (Å²) >= 11 is 0. The molecule has 0 saturated carbocycles. The Kier molecular flexibility index (Phi) is 7.26. The lowest BCUT2D eigenvalue weighted by molar-refractivity contribution is -0.275. The van der Waals surface area contributed by atoms with E-state index in [0.29, 0.717) is 6.42 Å². The Morgan fingerprint density at radius 1 is 1.10 bits per heavy atom. The monoisotopic (exact) mass is 430 g/mol. The molecule has 2 rings (SSSR count). The van der Waals surface area contributed by atoms with Crippen LogP contribution in [0.3, 0.4) is 0 Å². The second-order valence-electron chi connectivity index (χ2n) is 6.26. The summed E-state index contributed by atoms with van der Waals surface area (Å²) in [6.07, 6.45) is -4.33. The van der Waals surface area contributed by atoms with Crippen LogP contribution in [0.4, 0.5) is 13.2 Å². The Bertz CT molecular complexity index is 945. The fraction of sp³-hybridized carbons (Fsp3) is 0.316.